The van der Waals surface area contributed by atoms with Crippen LogP contribution in [0.3, 0.4) is 0 Å². The SMILES string of the molecule is Cl.FC(F)(F)Cn1cc(CNCC2CCCO2)cn1. The summed E-state index contributed by atoms with van der Waals surface area (Å²) in [6.07, 6.45) is 0.990. The molecular formula is C11H17ClF3N3O. The first-order valence-corrected chi connectivity index (χ1v) is 5.93. The highest BCUT2D eigenvalue weighted by Gasteiger charge is 2.28. The predicted molar refractivity (Wildman–Crippen MR) is 66.2 cm³/mol. The van der Waals surface area contributed by atoms with Crippen molar-refractivity contribution in [3.8, 4) is 0 Å². The smallest absolute Gasteiger partial charge is 0.377 e. The Morgan fingerprint density at radius 2 is 2.26 bits per heavy atom. The molecule has 0 aromatic carbocycles. The van der Waals surface area contributed by atoms with Crippen LogP contribution in [0, 0.1) is 0 Å². The number of rotatable bonds is 5. The van der Waals surface area contributed by atoms with Gasteiger partial charge in [0.2, 0.25) is 0 Å². The number of nitrogens with one attached hydrogen (secondary N) is 1. The first-order chi connectivity index (χ1) is 8.53. The third-order valence-corrected chi connectivity index (χ3v) is 2.75. The highest BCUT2D eigenvalue weighted by atomic mass is 35.5. The van der Waals surface area contributed by atoms with E-state index < -0.39 is 12.7 Å². The number of ether oxygens (including phenoxy) is 1. The first-order valence-electron chi connectivity index (χ1n) is 5.93. The molecule has 4 nitrogen and oxygen atoms in total. The van der Waals surface area contributed by atoms with Crippen LogP contribution in [-0.4, -0.2) is 35.2 Å². The van der Waals surface area contributed by atoms with Gasteiger partial charge in [-0.15, -0.1) is 12.4 Å². The fourth-order valence-electron chi connectivity index (χ4n) is 1.95. The molecule has 19 heavy (non-hydrogen) atoms. The minimum atomic E-state index is -4.23. The highest BCUT2D eigenvalue weighted by molar-refractivity contribution is 5.85. The van der Waals surface area contributed by atoms with Gasteiger partial charge in [-0.25, -0.2) is 0 Å². The molecule has 0 bridgehead atoms. The van der Waals surface area contributed by atoms with Gasteiger partial charge in [0.1, 0.15) is 6.54 Å². The Balaban J connectivity index is 0.00000180. The van der Waals surface area contributed by atoms with Crippen LogP contribution < -0.4 is 5.32 Å². The second-order valence-electron chi connectivity index (χ2n) is 4.43. The van der Waals surface area contributed by atoms with Crippen LogP contribution in [-0.2, 0) is 17.8 Å². The van der Waals surface area contributed by atoms with E-state index >= 15 is 0 Å². The number of nitrogens with zero attached hydrogens (tertiary/aromatic N) is 2. The van der Waals surface area contributed by atoms with Gasteiger partial charge in [-0.3, -0.25) is 4.68 Å². The zero-order chi connectivity index (χ0) is 13.0. The van der Waals surface area contributed by atoms with Crippen LogP contribution in [0.4, 0.5) is 13.2 Å². The summed E-state index contributed by atoms with van der Waals surface area (Å²) in [5.74, 6) is 0. The summed E-state index contributed by atoms with van der Waals surface area (Å²) in [6, 6.07) is 0. The molecule has 1 fully saturated rings. The van der Waals surface area contributed by atoms with Crippen LogP contribution in [0.2, 0.25) is 0 Å². The molecule has 0 saturated carbocycles. The lowest BCUT2D eigenvalue weighted by molar-refractivity contribution is -0.142. The van der Waals surface area contributed by atoms with Gasteiger partial charge in [0.15, 0.2) is 0 Å². The number of hydrogen-bond acceptors (Lipinski definition) is 3. The van der Waals surface area contributed by atoms with Gasteiger partial charge in [-0.1, -0.05) is 0 Å². The lowest BCUT2D eigenvalue weighted by Gasteiger charge is -2.09. The van der Waals surface area contributed by atoms with Crippen LogP contribution in [0.15, 0.2) is 12.4 Å². The molecular weight excluding hydrogens is 283 g/mol. The van der Waals surface area contributed by atoms with Crippen molar-refractivity contribution in [2.24, 2.45) is 0 Å². The Kier molecular flexibility index (Phi) is 6.09. The number of aromatic nitrogens is 2. The molecule has 1 N–H and O–H groups in total. The van der Waals surface area contributed by atoms with E-state index in [1.165, 1.54) is 12.4 Å². The van der Waals surface area contributed by atoms with E-state index in [4.69, 9.17) is 4.74 Å². The molecule has 1 aromatic rings. The van der Waals surface area contributed by atoms with Crippen molar-refractivity contribution in [2.45, 2.75) is 38.2 Å². The van der Waals surface area contributed by atoms with E-state index in [0.29, 0.717) is 6.54 Å². The summed E-state index contributed by atoms with van der Waals surface area (Å²) in [5.41, 5.74) is 0.747. The molecule has 1 atom stereocenters. The zero-order valence-electron chi connectivity index (χ0n) is 10.3. The first kappa shape index (κ1) is 16.3. The summed E-state index contributed by atoms with van der Waals surface area (Å²) < 4.78 is 42.7. The van der Waals surface area contributed by atoms with Crippen molar-refractivity contribution in [3.63, 3.8) is 0 Å². The summed E-state index contributed by atoms with van der Waals surface area (Å²) in [6.45, 7) is 0.997. The van der Waals surface area contributed by atoms with Crippen LogP contribution in [0.25, 0.3) is 0 Å². The van der Waals surface area contributed by atoms with Crippen molar-refractivity contribution in [3.05, 3.63) is 18.0 Å². The molecule has 2 heterocycles. The Hall–Kier alpha value is -0.790. The molecule has 0 radical (unpaired) electrons. The zero-order valence-corrected chi connectivity index (χ0v) is 11.1. The molecule has 0 spiro atoms. The molecule has 1 aromatic heterocycles. The molecule has 110 valence electrons. The van der Waals surface area contributed by atoms with Crippen LogP contribution in [0.1, 0.15) is 18.4 Å². The number of alkyl halides is 3. The lowest BCUT2D eigenvalue weighted by atomic mass is 10.2. The fourth-order valence-corrected chi connectivity index (χ4v) is 1.95. The van der Waals surface area contributed by atoms with Gasteiger partial charge < -0.3 is 10.1 Å². The summed E-state index contributed by atoms with van der Waals surface area (Å²) >= 11 is 0. The van der Waals surface area contributed by atoms with Crippen molar-refractivity contribution in [1.29, 1.82) is 0 Å². The highest BCUT2D eigenvalue weighted by Crippen LogP contribution is 2.17. The molecule has 0 aliphatic carbocycles. The molecule has 1 saturated heterocycles. The molecule has 1 unspecified atom stereocenters. The second kappa shape index (κ2) is 7.12. The van der Waals surface area contributed by atoms with E-state index in [1.807, 2.05) is 0 Å². The van der Waals surface area contributed by atoms with E-state index in [1.54, 1.807) is 0 Å². The van der Waals surface area contributed by atoms with Crippen molar-refractivity contribution >= 4 is 12.4 Å². The van der Waals surface area contributed by atoms with Gasteiger partial charge in [-0.2, -0.15) is 18.3 Å². The third-order valence-electron chi connectivity index (χ3n) is 2.75. The summed E-state index contributed by atoms with van der Waals surface area (Å²) in [5, 5.41) is 6.84. The van der Waals surface area contributed by atoms with E-state index in [-0.39, 0.29) is 18.5 Å². The van der Waals surface area contributed by atoms with Crippen molar-refractivity contribution in [2.75, 3.05) is 13.2 Å². The summed E-state index contributed by atoms with van der Waals surface area (Å²) in [7, 11) is 0. The van der Waals surface area contributed by atoms with Gasteiger partial charge in [-0.05, 0) is 12.8 Å². The Bertz CT molecular complexity index is 378. The standard InChI is InChI=1S/C11H16F3N3O.ClH/c12-11(13,14)8-17-7-9(5-16-17)4-15-6-10-2-1-3-18-10;/h5,7,10,15H,1-4,6,8H2;1H. The number of hydrogen-bond donors (Lipinski definition) is 1. The maximum absolute atomic E-state index is 12.1. The molecule has 1 aliphatic rings. The third kappa shape index (κ3) is 5.80. The van der Waals surface area contributed by atoms with Crippen molar-refractivity contribution in [1.82, 2.24) is 15.1 Å². The predicted octanol–water partition coefficient (Wildman–Crippen LogP) is 2.14. The maximum atomic E-state index is 12.1. The minimum absolute atomic E-state index is 0. The fraction of sp³-hybridized carbons (Fsp3) is 0.727. The average Bonchev–Trinajstić information content (AvgIpc) is 2.88. The Morgan fingerprint density at radius 1 is 1.47 bits per heavy atom. The van der Waals surface area contributed by atoms with Gasteiger partial charge in [0, 0.05) is 31.5 Å². The minimum Gasteiger partial charge on any atom is -0.377 e. The van der Waals surface area contributed by atoms with Crippen molar-refractivity contribution < 1.29 is 17.9 Å². The van der Waals surface area contributed by atoms with E-state index in [2.05, 4.69) is 10.4 Å². The largest absolute Gasteiger partial charge is 0.408 e. The van der Waals surface area contributed by atoms with E-state index in [0.717, 1.165) is 36.2 Å². The molecule has 0 amide bonds. The second-order valence-corrected chi connectivity index (χ2v) is 4.43. The Labute approximate surface area is 115 Å². The topological polar surface area (TPSA) is 39.1 Å². The lowest BCUT2D eigenvalue weighted by Crippen LogP contribution is -2.25. The molecule has 1 aliphatic heterocycles. The van der Waals surface area contributed by atoms with Crippen LogP contribution in [0.5, 0.6) is 0 Å². The van der Waals surface area contributed by atoms with Gasteiger partial charge in [0.25, 0.3) is 0 Å². The number of halogens is 4. The maximum Gasteiger partial charge on any atom is 0.408 e. The van der Waals surface area contributed by atoms with Gasteiger partial charge >= 0.3 is 6.18 Å². The van der Waals surface area contributed by atoms with E-state index in [9.17, 15) is 13.2 Å². The average molecular weight is 300 g/mol. The quantitative estimate of drug-likeness (QED) is 0.905. The Morgan fingerprint density at radius 3 is 2.89 bits per heavy atom. The van der Waals surface area contributed by atoms with Crippen LogP contribution >= 0.6 is 12.4 Å². The summed E-state index contributed by atoms with van der Waals surface area (Å²) in [4.78, 5) is 0. The molecule has 2 rings (SSSR count). The van der Waals surface area contributed by atoms with Gasteiger partial charge in [0.05, 0.1) is 12.3 Å². The molecule has 8 heteroatoms. The normalized spacial score (nSPS) is 19.4. The monoisotopic (exact) mass is 299 g/mol.